The number of halogens is 1. The van der Waals surface area contributed by atoms with E-state index in [0.29, 0.717) is 42.6 Å². The van der Waals surface area contributed by atoms with E-state index in [1.54, 1.807) is 12.3 Å². The van der Waals surface area contributed by atoms with Crippen LogP contribution in [-0.2, 0) is 4.74 Å². The molecule has 9 nitrogen and oxygen atoms in total. The molecule has 42 heavy (non-hydrogen) atoms. The highest BCUT2D eigenvalue weighted by molar-refractivity contribution is 5.99. The number of nitrogens with zero attached hydrogens (tertiary/aromatic N) is 5. The normalized spacial score (nSPS) is 25.1. The Hall–Kier alpha value is -3.60. The number of aliphatic hydroxyl groups is 1. The summed E-state index contributed by atoms with van der Waals surface area (Å²) in [6.45, 7) is 2.94. The zero-order valence-corrected chi connectivity index (χ0v) is 23.8. The minimum atomic E-state index is -0.714. The molecular formula is C32H36FN5O4. The van der Waals surface area contributed by atoms with E-state index in [4.69, 9.17) is 14.5 Å². The summed E-state index contributed by atoms with van der Waals surface area (Å²) in [5, 5.41) is 22.9. The Morgan fingerprint density at radius 1 is 1.12 bits per heavy atom. The van der Waals surface area contributed by atoms with Gasteiger partial charge in [-0.2, -0.15) is 9.97 Å². The third kappa shape index (κ3) is 4.81. The zero-order valence-electron chi connectivity index (χ0n) is 23.8. The van der Waals surface area contributed by atoms with Gasteiger partial charge in [0.25, 0.3) is 0 Å². The molecular weight excluding hydrogens is 537 g/mol. The van der Waals surface area contributed by atoms with Gasteiger partial charge in [-0.3, -0.25) is 4.98 Å². The third-order valence-corrected chi connectivity index (χ3v) is 9.36. The lowest BCUT2D eigenvalue weighted by molar-refractivity contribution is 0.0133. The topological polar surface area (TPSA) is 104 Å². The van der Waals surface area contributed by atoms with Crippen molar-refractivity contribution in [3.05, 3.63) is 48.4 Å². The van der Waals surface area contributed by atoms with E-state index in [-0.39, 0.29) is 41.5 Å². The molecule has 220 valence electrons. The van der Waals surface area contributed by atoms with Gasteiger partial charge in [-0.1, -0.05) is 30.7 Å². The number of phenols is 1. The number of aliphatic hydroxyl groups excluding tert-OH is 1. The number of β-amino-alcohol motifs (C(OH)–C–C–N with tert-alkyl or cyclic N) is 1. The molecule has 0 bridgehead atoms. The fourth-order valence-electron chi connectivity index (χ4n) is 7.38. The Morgan fingerprint density at radius 2 is 1.98 bits per heavy atom. The highest BCUT2D eigenvalue weighted by Gasteiger charge is 2.47. The van der Waals surface area contributed by atoms with Gasteiger partial charge in [0, 0.05) is 36.3 Å². The number of anilines is 1. The maximum atomic E-state index is 16.6. The summed E-state index contributed by atoms with van der Waals surface area (Å²) in [5.41, 5.74) is 0.686. The van der Waals surface area contributed by atoms with Crippen molar-refractivity contribution in [3.8, 4) is 23.0 Å². The summed E-state index contributed by atoms with van der Waals surface area (Å²) in [4.78, 5) is 18.3. The fraction of sp³-hybridized carbons (Fsp3) is 0.469. The Labute approximate surface area is 243 Å². The molecule has 2 N–H and O–H groups in total. The third-order valence-electron chi connectivity index (χ3n) is 9.36. The number of pyridine rings is 1. The number of hydrogen-bond donors (Lipinski definition) is 2. The summed E-state index contributed by atoms with van der Waals surface area (Å²) in [6, 6.07) is 11.2. The van der Waals surface area contributed by atoms with Crippen molar-refractivity contribution in [2.24, 2.45) is 5.41 Å². The summed E-state index contributed by atoms with van der Waals surface area (Å²) in [6.07, 6.45) is 6.47. The highest BCUT2D eigenvalue weighted by atomic mass is 19.1. The molecule has 10 heteroatoms. The van der Waals surface area contributed by atoms with Crippen LogP contribution in [0, 0.1) is 11.2 Å². The van der Waals surface area contributed by atoms with Crippen molar-refractivity contribution in [2.75, 3.05) is 51.4 Å². The maximum absolute atomic E-state index is 16.6. The number of rotatable bonds is 5. The van der Waals surface area contributed by atoms with Crippen molar-refractivity contribution in [3.63, 3.8) is 0 Å². The molecule has 2 aliphatic heterocycles. The van der Waals surface area contributed by atoms with Gasteiger partial charge in [-0.25, -0.2) is 4.39 Å². The number of likely N-dealkylation sites (tertiary alicyclic amines) is 1. The van der Waals surface area contributed by atoms with Gasteiger partial charge in [0.15, 0.2) is 5.82 Å². The minimum Gasteiger partial charge on any atom is -0.508 e. The fourth-order valence-corrected chi connectivity index (χ4v) is 7.38. The lowest BCUT2D eigenvalue weighted by Crippen LogP contribution is -2.50. The van der Waals surface area contributed by atoms with E-state index in [1.807, 2.05) is 29.2 Å². The Kier molecular flexibility index (Phi) is 7.08. The molecule has 2 saturated heterocycles. The molecule has 4 aromatic rings. The lowest BCUT2D eigenvalue weighted by atomic mass is 9.76. The second-order valence-corrected chi connectivity index (χ2v) is 12.0. The van der Waals surface area contributed by atoms with Gasteiger partial charge >= 0.3 is 6.01 Å². The zero-order chi connectivity index (χ0) is 28.8. The van der Waals surface area contributed by atoms with Crippen LogP contribution < -0.4 is 9.64 Å². The van der Waals surface area contributed by atoms with E-state index in [0.717, 1.165) is 49.4 Å². The first-order valence-corrected chi connectivity index (χ1v) is 14.8. The molecule has 0 radical (unpaired) electrons. The summed E-state index contributed by atoms with van der Waals surface area (Å²) in [5.74, 6) is -0.129. The van der Waals surface area contributed by atoms with E-state index in [9.17, 15) is 10.2 Å². The van der Waals surface area contributed by atoms with E-state index in [1.165, 1.54) is 6.07 Å². The minimum absolute atomic E-state index is 0.0266. The van der Waals surface area contributed by atoms with Gasteiger partial charge in [0.1, 0.15) is 22.8 Å². The number of benzene rings is 2. The molecule has 2 aromatic carbocycles. The summed E-state index contributed by atoms with van der Waals surface area (Å²) >= 11 is 0. The summed E-state index contributed by atoms with van der Waals surface area (Å²) in [7, 11) is 2.19. The highest BCUT2D eigenvalue weighted by Crippen LogP contribution is 2.47. The van der Waals surface area contributed by atoms with Crippen LogP contribution in [0.5, 0.6) is 11.8 Å². The molecule has 1 saturated carbocycles. The molecule has 3 unspecified atom stereocenters. The Morgan fingerprint density at radius 3 is 2.88 bits per heavy atom. The monoisotopic (exact) mass is 573 g/mol. The van der Waals surface area contributed by atoms with Crippen LogP contribution in [0.2, 0.25) is 0 Å². The van der Waals surface area contributed by atoms with Crippen LogP contribution in [0.25, 0.3) is 32.9 Å². The van der Waals surface area contributed by atoms with E-state index in [2.05, 4.69) is 21.9 Å². The first-order valence-electron chi connectivity index (χ1n) is 14.8. The number of hydrogen-bond acceptors (Lipinski definition) is 9. The molecule has 1 aliphatic carbocycles. The van der Waals surface area contributed by atoms with Gasteiger partial charge in [-0.15, -0.1) is 0 Å². The molecule has 3 aliphatic rings. The van der Waals surface area contributed by atoms with Crippen LogP contribution in [-0.4, -0.2) is 88.7 Å². The number of piperidine rings is 1. The molecule has 2 aromatic heterocycles. The molecule has 4 heterocycles. The van der Waals surface area contributed by atoms with Crippen LogP contribution >= 0.6 is 0 Å². The smallest absolute Gasteiger partial charge is 0.319 e. The van der Waals surface area contributed by atoms with Gasteiger partial charge in [0.2, 0.25) is 0 Å². The number of aromatic hydroxyl groups is 1. The van der Waals surface area contributed by atoms with Crippen molar-refractivity contribution < 1.29 is 24.1 Å². The Bertz CT molecular complexity index is 1640. The second kappa shape index (κ2) is 10.9. The predicted molar refractivity (Wildman–Crippen MR) is 158 cm³/mol. The quantitative estimate of drug-likeness (QED) is 0.356. The van der Waals surface area contributed by atoms with Crippen molar-refractivity contribution in [1.82, 2.24) is 19.9 Å². The van der Waals surface area contributed by atoms with Gasteiger partial charge in [0.05, 0.1) is 31.3 Å². The van der Waals surface area contributed by atoms with Crippen LogP contribution in [0.1, 0.15) is 32.1 Å². The number of phenolic OH excluding ortho intramolecular Hbond substituents is 1. The average molecular weight is 574 g/mol. The molecule has 0 amide bonds. The van der Waals surface area contributed by atoms with Crippen molar-refractivity contribution >= 4 is 27.5 Å². The van der Waals surface area contributed by atoms with Crippen LogP contribution in [0.15, 0.2) is 42.6 Å². The van der Waals surface area contributed by atoms with E-state index >= 15 is 4.39 Å². The lowest BCUT2D eigenvalue weighted by Gasteiger charge is -2.44. The van der Waals surface area contributed by atoms with E-state index < -0.39 is 11.9 Å². The predicted octanol–water partition coefficient (Wildman–Crippen LogP) is 4.53. The van der Waals surface area contributed by atoms with Gasteiger partial charge in [-0.05, 0) is 62.2 Å². The first kappa shape index (κ1) is 27.2. The Balaban J connectivity index is 1.34. The molecule has 3 fully saturated rings. The number of aromatic nitrogens is 3. The van der Waals surface area contributed by atoms with Crippen LogP contribution in [0.3, 0.4) is 0 Å². The first-order chi connectivity index (χ1) is 20.4. The average Bonchev–Trinajstić information content (AvgIpc) is 3.31. The maximum Gasteiger partial charge on any atom is 0.319 e. The number of fused-ring (bicyclic) bond motifs is 3. The summed E-state index contributed by atoms with van der Waals surface area (Å²) < 4.78 is 28.5. The number of ether oxygens (including phenoxy) is 2. The SMILES string of the molecule is CN1CCCC2(COc3nc(N4CCOCC(O)C4)c4cnc(-c5cc(O)cc6ccccc56)c(F)c4n3)CCCC12. The largest absolute Gasteiger partial charge is 0.508 e. The molecule has 7 rings (SSSR count). The van der Waals surface area contributed by atoms with Crippen LogP contribution in [0.4, 0.5) is 10.2 Å². The molecule has 3 atom stereocenters. The van der Waals surface area contributed by atoms with Crippen molar-refractivity contribution in [2.45, 2.75) is 44.2 Å². The van der Waals surface area contributed by atoms with Gasteiger partial charge < -0.3 is 29.5 Å². The molecule has 0 spiro atoms. The standard InChI is InChI=1S/C32H36FN5O4/c1-37-11-5-10-32(9-4-8-26(32)37)19-42-31-35-29-25(30(36-31)38-12-13-41-18-22(40)17-38)16-34-28(27(29)33)24-15-21(39)14-20-6-2-3-7-23(20)24/h2-3,6-7,14-16,22,26,39-40H,4-5,8-13,17-19H2,1H3. The van der Waals surface area contributed by atoms with Crippen molar-refractivity contribution in [1.29, 1.82) is 0 Å². The second-order valence-electron chi connectivity index (χ2n) is 12.0.